The highest BCUT2D eigenvalue weighted by molar-refractivity contribution is 6.47. The Labute approximate surface area is 176 Å². The van der Waals surface area contributed by atoms with Gasteiger partial charge in [0.25, 0.3) is 5.91 Å². The standard InChI is InChI=1S/C20H17Cl2FN4O2/c21-13-3-1-12(2-4-13)17-18(28)26-20(25-17)7-9-27(10-8-20)19(29)24-14-5-6-16(23)15(22)11-14/h1-6,11H,7-10H2,(H,24,29)(H,26,28). The predicted molar refractivity (Wildman–Crippen MR) is 110 cm³/mol. The zero-order chi connectivity index (χ0) is 20.6. The van der Waals surface area contributed by atoms with Crippen LogP contribution in [0.2, 0.25) is 10.0 Å². The summed E-state index contributed by atoms with van der Waals surface area (Å²) < 4.78 is 13.3. The van der Waals surface area contributed by atoms with Crippen LogP contribution in [0.3, 0.4) is 0 Å². The third-order valence-corrected chi connectivity index (χ3v) is 5.60. The molecular weight excluding hydrogens is 418 g/mol. The van der Waals surface area contributed by atoms with E-state index in [4.69, 9.17) is 23.2 Å². The first-order valence-electron chi connectivity index (χ1n) is 9.04. The number of halogens is 3. The van der Waals surface area contributed by atoms with Crippen LogP contribution in [0.25, 0.3) is 0 Å². The Morgan fingerprint density at radius 1 is 1.14 bits per heavy atom. The van der Waals surface area contributed by atoms with Crippen LogP contribution in [0.1, 0.15) is 18.4 Å². The summed E-state index contributed by atoms with van der Waals surface area (Å²) in [5.41, 5.74) is 0.790. The number of hydrogen-bond acceptors (Lipinski definition) is 3. The van der Waals surface area contributed by atoms with Gasteiger partial charge in [0, 0.05) is 42.2 Å². The van der Waals surface area contributed by atoms with Crippen LogP contribution < -0.4 is 10.6 Å². The van der Waals surface area contributed by atoms with Crippen LogP contribution in [0.15, 0.2) is 47.5 Å². The summed E-state index contributed by atoms with van der Waals surface area (Å²) >= 11 is 11.7. The molecule has 150 valence electrons. The van der Waals surface area contributed by atoms with E-state index in [1.54, 1.807) is 29.2 Å². The zero-order valence-corrected chi connectivity index (χ0v) is 16.7. The summed E-state index contributed by atoms with van der Waals surface area (Å²) in [6.07, 6.45) is 0.987. The van der Waals surface area contributed by atoms with Crippen molar-refractivity contribution in [1.82, 2.24) is 10.2 Å². The van der Waals surface area contributed by atoms with Crippen LogP contribution >= 0.6 is 23.2 Å². The second-order valence-corrected chi connectivity index (χ2v) is 7.84. The molecule has 0 aromatic heterocycles. The molecule has 0 atom stereocenters. The van der Waals surface area contributed by atoms with E-state index >= 15 is 0 Å². The lowest BCUT2D eigenvalue weighted by Crippen LogP contribution is -2.53. The lowest BCUT2D eigenvalue weighted by molar-refractivity contribution is -0.115. The second kappa shape index (κ2) is 7.65. The molecule has 6 nitrogen and oxygen atoms in total. The van der Waals surface area contributed by atoms with Gasteiger partial charge in [0.2, 0.25) is 0 Å². The summed E-state index contributed by atoms with van der Waals surface area (Å²) in [5, 5.41) is 6.20. The van der Waals surface area contributed by atoms with Crippen molar-refractivity contribution < 1.29 is 14.0 Å². The van der Waals surface area contributed by atoms with E-state index in [0.717, 1.165) is 0 Å². The molecule has 0 radical (unpaired) electrons. The number of aliphatic imine (C=N–C) groups is 1. The molecule has 1 saturated heterocycles. The van der Waals surface area contributed by atoms with Crippen molar-refractivity contribution in [3.05, 3.63) is 63.9 Å². The first-order chi connectivity index (χ1) is 13.8. The lowest BCUT2D eigenvalue weighted by atomic mass is 9.98. The summed E-state index contributed by atoms with van der Waals surface area (Å²) in [7, 11) is 0. The third kappa shape index (κ3) is 4.06. The molecule has 0 unspecified atom stereocenters. The molecule has 29 heavy (non-hydrogen) atoms. The molecule has 2 aromatic rings. The van der Waals surface area contributed by atoms with E-state index < -0.39 is 11.5 Å². The van der Waals surface area contributed by atoms with Crippen LogP contribution in [0.4, 0.5) is 14.9 Å². The number of amides is 3. The monoisotopic (exact) mass is 434 g/mol. The number of rotatable bonds is 2. The fourth-order valence-electron chi connectivity index (χ4n) is 3.46. The average molecular weight is 435 g/mol. The molecule has 9 heteroatoms. The van der Waals surface area contributed by atoms with Gasteiger partial charge in [0.05, 0.1) is 5.02 Å². The number of carbonyl (C=O) groups excluding carboxylic acids is 2. The highest BCUT2D eigenvalue weighted by Crippen LogP contribution is 2.29. The lowest BCUT2D eigenvalue weighted by Gasteiger charge is -2.37. The molecule has 2 aliphatic rings. The van der Waals surface area contributed by atoms with Gasteiger partial charge >= 0.3 is 6.03 Å². The number of piperidine rings is 1. The minimum absolute atomic E-state index is 0.0573. The van der Waals surface area contributed by atoms with E-state index in [2.05, 4.69) is 15.6 Å². The Balaban J connectivity index is 1.42. The first-order valence-corrected chi connectivity index (χ1v) is 9.80. The van der Waals surface area contributed by atoms with Gasteiger partial charge < -0.3 is 15.5 Å². The Kier molecular flexibility index (Phi) is 5.19. The minimum atomic E-state index is -0.706. The van der Waals surface area contributed by atoms with Crippen LogP contribution in [0.5, 0.6) is 0 Å². The van der Waals surface area contributed by atoms with Crippen molar-refractivity contribution >= 4 is 46.5 Å². The molecule has 0 aliphatic carbocycles. The highest BCUT2D eigenvalue weighted by Gasteiger charge is 2.42. The normalized spacial score (nSPS) is 17.8. The molecule has 0 saturated carbocycles. The number of nitrogens with one attached hydrogen (secondary N) is 2. The van der Waals surface area contributed by atoms with Gasteiger partial charge in [-0.25, -0.2) is 9.18 Å². The second-order valence-electron chi connectivity index (χ2n) is 7.00. The van der Waals surface area contributed by atoms with Crippen molar-refractivity contribution in [2.75, 3.05) is 18.4 Å². The highest BCUT2D eigenvalue weighted by atomic mass is 35.5. The molecule has 2 heterocycles. The fourth-order valence-corrected chi connectivity index (χ4v) is 3.77. The number of urea groups is 1. The number of benzene rings is 2. The van der Waals surface area contributed by atoms with Crippen LogP contribution in [-0.4, -0.2) is 41.3 Å². The van der Waals surface area contributed by atoms with Crippen molar-refractivity contribution in [3.8, 4) is 0 Å². The average Bonchev–Trinajstić information content (AvgIpc) is 3.01. The maximum atomic E-state index is 13.3. The molecule has 4 rings (SSSR count). The van der Waals surface area contributed by atoms with E-state index in [1.165, 1.54) is 18.2 Å². The number of carbonyl (C=O) groups is 2. The van der Waals surface area contributed by atoms with Gasteiger partial charge in [0.15, 0.2) is 0 Å². The first kappa shape index (κ1) is 19.7. The predicted octanol–water partition coefficient (Wildman–Crippen LogP) is 4.08. The Morgan fingerprint density at radius 2 is 1.83 bits per heavy atom. The molecule has 2 N–H and O–H groups in total. The van der Waals surface area contributed by atoms with Crippen LogP contribution in [-0.2, 0) is 4.79 Å². The Bertz CT molecular complexity index is 1000. The van der Waals surface area contributed by atoms with Crippen molar-refractivity contribution in [1.29, 1.82) is 0 Å². The van der Waals surface area contributed by atoms with Gasteiger partial charge in [-0.2, -0.15) is 0 Å². The minimum Gasteiger partial charge on any atom is -0.326 e. The Hall–Kier alpha value is -2.64. The van der Waals surface area contributed by atoms with E-state index in [1.807, 2.05) is 0 Å². The van der Waals surface area contributed by atoms with Gasteiger partial charge in [-0.15, -0.1) is 0 Å². The molecule has 3 amide bonds. The SMILES string of the molecule is O=C1NC2(CCN(C(=O)Nc3ccc(F)c(Cl)c3)CC2)N=C1c1ccc(Cl)cc1. The topological polar surface area (TPSA) is 73.8 Å². The van der Waals surface area contributed by atoms with E-state index in [9.17, 15) is 14.0 Å². The summed E-state index contributed by atoms with van der Waals surface area (Å²) in [5.74, 6) is -0.776. The van der Waals surface area contributed by atoms with Crippen molar-refractivity contribution in [2.24, 2.45) is 4.99 Å². The maximum absolute atomic E-state index is 13.3. The summed E-state index contributed by atoms with van der Waals surface area (Å²) in [4.78, 5) is 31.2. The fraction of sp³-hybridized carbons (Fsp3) is 0.250. The summed E-state index contributed by atoms with van der Waals surface area (Å²) in [6, 6.07) is 10.6. The summed E-state index contributed by atoms with van der Waals surface area (Å²) in [6.45, 7) is 0.830. The number of hydrogen-bond donors (Lipinski definition) is 2. The third-order valence-electron chi connectivity index (χ3n) is 5.05. The molecular formula is C20H17Cl2FN4O2. The van der Waals surface area contributed by atoms with Crippen molar-refractivity contribution in [3.63, 3.8) is 0 Å². The van der Waals surface area contributed by atoms with Gasteiger partial charge in [-0.05, 0) is 30.3 Å². The van der Waals surface area contributed by atoms with Crippen LogP contribution in [0, 0.1) is 5.82 Å². The smallest absolute Gasteiger partial charge is 0.321 e. The van der Waals surface area contributed by atoms with Gasteiger partial charge in [-0.1, -0.05) is 35.3 Å². The quantitative estimate of drug-likeness (QED) is 0.747. The van der Waals surface area contributed by atoms with Gasteiger partial charge in [-0.3, -0.25) is 9.79 Å². The molecule has 2 aromatic carbocycles. The van der Waals surface area contributed by atoms with E-state index in [0.29, 0.717) is 47.9 Å². The van der Waals surface area contributed by atoms with E-state index in [-0.39, 0.29) is 17.0 Å². The molecule has 1 fully saturated rings. The maximum Gasteiger partial charge on any atom is 0.321 e. The number of nitrogens with zero attached hydrogens (tertiary/aromatic N) is 2. The van der Waals surface area contributed by atoms with Gasteiger partial charge in [0.1, 0.15) is 17.2 Å². The molecule has 1 spiro atoms. The molecule has 2 aliphatic heterocycles. The zero-order valence-electron chi connectivity index (χ0n) is 15.2. The van der Waals surface area contributed by atoms with Crippen molar-refractivity contribution in [2.45, 2.75) is 18.5 Å². The number of anilines is 1. The largest absolute Gasteiger partial charge is 0.326 e. The number of likely N-dealkylation sites (tertiary alicyclic amines) is 1. The molecule has 0 bridgehead atoms. The Morgan fingerprint density at radius 3 is 2.48 bits per heavy atom.